The second-order valence-corrected chi connectivity index (χ2v) is 10.8. The number of carbonyl (C=O) groups is 2. The highest BCUT2D eigenvalue weighted by Gasteiger charge is 2.25. The van der Waals surface area contributed by atoms with Crippen LogP contribution < -0.4 is 21.3 Å². The number of nitrogens with zero attached hydrogens (tertiary/aromatic N) is 1. The second kappa shape index (κ2) is 10.0. The zero-order valence-electron chi connectivity index (χ0n) is 21.0. The molecule has 6 rings (SSSR count). The van der Waals surface area contributed by atoms with E-state index in [0.29, 0.717) is 17.3 Å². The van der Waals surface area contributed by atoms with Crippen LogP contribution in [0.3, 0.4) is 0 Å². The van der Waals surface area contributed by atoms with E-state index in [2.05, 4.69) is 52.6 Å². The van der Waals surface area contributed by atoms with Crippen molar-refractivity contribution in [1.29, 1.82) is 0 Å². The van der Waals surface area contributed by atoms with Gasteiger partial charge >= 0.3 is 0 Å². The molecule has 1 atom stereocenters. The normalized spacial score (nSPS) is 17.8. The SMILES string of the molecule is C=CC(=O)Nc1cc(-c2ccc3c(ccc4sc5c(c43)NCC(C=C)NC5=O)n2)ccc1C1CCNCC1. The average molecular weight is 524 g/mol. The van der Waals surface area contributed by atoms with Crippen molar-refractivity contribution in [2.75, 3.05) is 30.3 Å². The van der Waals surface area contributed by atoms with Gasteiger partial charge in [-0.05, 0) is 73.8 Å². The standard InChI is InChI=1S/C30H29N5O2S/c1-3-19-16-32-28-27-21-7-8-22(34-23(21)9-10-25(27)38-29(28)30(37)33-19)18-5-6-20(17-11-13-31-14-12-17)24(15-18)35-26(36)4-2/h3-10,15,17,19,31-32H,1-2,11-14,16H2,(H,33,37)(H,35,36). The minimum Gasteiger partial charge on any atom is -0.381 e. The van der Waals surface area contributed by atoms with Gasteiger partial charge in [-0.2, -0.15) is 0 Å². The second-order valence-electron chi connectivity index (χ2n) is 9.72. The van der Waals surface area contributed by atoms with E-state index in [-0.39, 0.29) is 17.9 Å². The lowest BCUT2D eigenvalue weighted by atomic mass is 9.88. The predicted octanol–water partition coefficient (Wildman–Crippen LogP) is 5.42. The number of amides is 2. The third-order valence-corrected chi connectivity index (χ3v) is 8.55. The summed E-state index contributed by atoms with van der Waals surface area (Å²) in [5.41, 5.74) is 5.41. The van der Waals surface area contributed by atoms with Crippen molar-refractivity contribution < 1.29 is 9.59 Å². The molecule has 0 saturated carbocycles. The van der Waals surface area contributed by atoms with Gasteiger partial charge in [0.05, 0.1) is 22.9 Å². The van der Waals surface area contributed by atoms with Crippen LogP contribution in [0, 0.1) is 0 Å². The third kappa shape index (κ3) is 4.36. The van der Waals surface area contributed by atoms with E-state index in [0.717, 1.165) is 75.1 Å². The zero-order valence-corrected chi connectivity index (χ0v) is 21.8. The first-order chi connectivity index (χ1) is 18.6. The van der Waals surface area contributed by atoms with Crippen molar-refractivity contribution in [1.82, 2.24) is 15.6 Å². The number of piperidine rings is 1. The molecule has 4 N–H and O–H groups in total. The minimum atomic E-state index is -0.223. The van der Waals surface area contributed by atoms with Crippen LogP contribution in [-0.2, 0) is 4.79 Å². The van der Waals surface area contributed by atoms with Crippen LogP contribution >= 0.6 is 11.3 Å². The average Bonchev–Trinajstić information content (AvgIpc) is 3.26. The first-order valence-electron chi connectivity index (χ1n) is 12.9. The molecule has 1 unspecified atom stereocenters. The van der Waals surface area contributed by atoms with Gasteiger partial charge in [-0.1, -0.05) is 24.8 Å². The van der Waals surface area contributed by atoms with Crippen LogP contribution in [0.4, 0.5) is 11.4 Å². The van der Waals surface area contributed by atoms with Crippen LogP contribution in [0.1, 0.15) is 34.0 Å². The molecule has 0 radical (unpaired) electrons. The Hall–Kier alpha value is -4.01. The number of hydrogen-bond donors (Lipinski definition) is 4. The highest BCUT2D eigenvalue weighted by Crippen LogP contribution is 2.41. The van der Waals surface area contributed by atoms with Gasteiger partial charge in [0, 0.05) is 33.3 Å². The number of nitrogens with one attached hydrogen (secondary N) is 4. The van der Waals surface area contributed by atoms with Gasteiger partial charge in [0.2, 0.25) is 5.91 Å². The number of thiophene rings is 1. The molecule has 1 fully saturated rings. The van der Waals surface area contributed by atoms with E-state index in [9.17, 15) is 9.59 Å². The van der Waals surface area contributed by atoms with Gasteiger partial charge in [0.15, 0.2) is 0 Å². The molecule has 2 aliphatic rings. The molecule has 0 aliphatic carbocycles. The van der Waals surface area contributed by atoms with Gasteiger partial charge in [-0.25, -0.2) is 4.98 Å². The molecule has 0 bridgehead atoms. The lowest BCUT2D eigenvalue weighted by molar-refractivity contribution is -0.111. The molecule has 4 heterocycles. The largest absolute Gasteiger partial charge is 0.381 e. The molecule has 1 saturated heterocycles. The molecule has 2 aliphatic heterocycles. The number of benzene rings is 2. The number of rotatable bonds is 5. The van der Waals surface area contributed by atoms with E-state index in [1.165, 1.54) is 17.4 Å². The fourth-order valence-corrected chi connectivity index (χ4v) is 6.52. The maximum absolute atomic E-state index is 12.8. The van der Waals surface area contributed by atoms with E-state index in [1.54, 1.807) is 6.08 Å². The predicted molar refractivity (Wildman–Crippen MR) is 156 cm³/mol. The van der Waals surface area contributed by atoms with Crippen LogP contribution in [0.2, 0.25) is 0 Å². The minimum absolute atomic E-state index is 0.0863. The highest BCUT2D eigenvalue weighted by atomic mass is 32.1. The van der Waals surface area contributed by atoms with Crippen molar-refractivity contribution >= 4 is 55.5 Å². The van der Waals surface area contributed by atoms with Crippen molar-refractivity contribution in [3.05, 3.63) is 78.2 Å². The lowest BCUT2D eigenvalue weighted by Gasteiger charge is -2.25. The molecule has 2 aromatic heterocycles. The topological polar surface area (TPSA) is 95.2 Å². The summed E-state index contributed by atoms with van der Waals surface area (Å²) in [7, 11) is 0. The highest BCUT2D eigenvalue weighted by molar-refractivity contribution is 7.21. The smallest absolute Gasteiger partial charge is 0.264 e. The van der Waals surface area contributed by atoms with Crippen LogP contribution in [-0.4, -0.2) is 42.5 Å². The number of fused-ring (bicyclic) bond motifs is 5. The van der Waals surface area contributed by atoms with Crippen molar-refractivity contribution in [3.63, 3.8) is 0 Å². The summed E-state index contributed by atoms with van der Waals surface area (Å²) in [5, 5.41) is 14.9. The lowest BCUT2D eigenvalue weighted by Crippen LogP contribution is -2.34. The van der Waals surface area contributed by atoms with Crippen molar-refractivity contribution in [3.8, 4) is 11.3 Å². The Bertz CT molecular complexity index is 1600. The maximum Gasteiger partial charge on any atom is 0.264 e. The van der Waals surface area contributed by atoms with E-state index >= 15 is 0 Å². The number of anilines is 2. The molecule has 8 heteroatoms. The van der Waals surface area contributed by atoms with Gasteiger partial charge in [-0.3, -0.25) is 9.59 Å². The number of aromatic nitrogens is 1. The third-order valence-electron chi connectivity index (χ3n) is 7.40. The van der Waals surface area contributed by atoms with Gasteiger partial charge in [0.1, 0.15) is 4.88 Å². The maximum atomic E-state index is 12.8. The molecule has 0 spiro atoms. The Labute approximate surface area is 225 Å². The Balaban J connectivity index is 1.42. The summed E-state index contributed by atoms with van der Waals surface area (Å²) in [6.45, 7) is 9.96. The summed E-state index contributed by atoms with van der Waals surface area (Å²) >= 11 is 1.48. The monoisotopic (exact) mass is 523 g/mol. The van der Waals surface area contributed by atoms with E-state index in [4.69, 9.17) is 4.98 Å². The first-order valence-corrected chi connectivity index (χ1v) is 13.7. The van der Waals surface area contributed by atoms with Gasteiger partial charge in [0.25, 0.3) is 5.91 Å². The summed E-state index contributed by atoms with van der Waals surface area (Å²) in [6.07, 6.45) is 5.11. The van der Waals surface area contributed by atoms with Crippen LogP contribution in [0.15, 0.2) is 67.8 Å². The first kappa shape index (κ1) is 24.3. The molecular weight excluding hydrogens is 494 g/mol. The Morgan fingerprint density at radius 2 is 1.95 bits per heavy atom. The summed E-state index contributed by atoms with van der Waals surface area (Å²) < 4.78 is 1.04. The molecule has 38 heavy (non-hydrogen) atoms. The molecule has 2 aromatic carbocycles. The molecule has 7 nitrogen and oxygen atoms in total. The Kier molecular flexibility index (Phi) is 6.43. The fourth-order valence-electron chi connectivity index (χ4n) is 5.43. The summed E-state index contributed by atoms with van der Waals surface area (Å²) in [5.74, 6) is 0.0823. The molecule has 2 amide bonds. The summed E-state index contributed by atoms with van der Waals surface area (Å²) in [6, 6.07) is 14.2. The fraction of sp³-hybridized carbons (Fsp3) is 0.233. The Morgan fingerprint density at radius 1 is 1.11 bits per heavy atom. The van der Waals surface area contributed by atoms with Crippen molar-refractivity contribution in [2.24, 2.45) is 0 Å². The van der Waals surface area contributed by atoms with E-state index in [1.807, 2.05) is 24.3 Å². The molecule has 192 valence electrons. The van der Waals surface area contributed by atoms with Gasteiger partial charge < -0.3 is 21.3 Å². The van der Waals surface area contributed by atoms with E-state index < -0.39 is 0 Å². The van der Waals surface area contributed by atoms with Gasteiger partial charge in [-0.15, -0.1) is 17.9 Å². The van der Waals surface area contributed by atoms with Crippen LogP contribution in [0.5, 0.6) is 0 Å². The van der Waals surface area contributed by atoms with Crippen molar-refractivity contribution in [2.45, 2.75) is 24.8 Å². The number of hydrogen-bond acceptors (Lipinski definition) is 6. The number of pyridine rings is 1. The zero-order chi connectivity index (χ0) is 26.2. The Morgan fingerprint density at radius 3 is 2.74 bits per heavy atom. The number of carbonyl (C=O) groups excluding carboxylic acids is 2. The van der Waals surface area contributed by atoms with Crippen LogP contribution in [0.25, 0.3) is 32.2 Å². The molecular formula is C30H29N5O2S. The summed E-state index contributed by atoms with van der Waals surface area (Å²) in [4.78, 5) is 30.8. The quantitative estimate of drug-likeness (QED) is 0.207. The molecule has 4 aromatic rings.